The summed E-state index contributed by atoms with van der Waals surface area (Å²) >= 11 is 12.2. The molecule has 0 radical (unpaired) electrons. The van der Waals surface area contributed by atoms with Gasteiger partial charge in [0, 0.05) is 11.1 Å². The van der Waals surface area contributed by atoms with Gasteiger partial charge in [0.2, 0.25) is 5.75 Å². The molecule has 0 aliphatic rings. The van der Waals surface area contributed by atoms with Crippen LogP contribution in [0.25, 0.3) is 11.1 Å². The standard InChI is InChI=1S/C16H14Cl2O5/c1-21-11-7-5-9(14(22-2)15(11)23-3)8-4-6-10(17)12(13(8)18)16(19)20/h4-7H,1-3H3,(H,19,20). The van der Waals surface area contributed by atoms with Crippen LogP contribution in [0.1, 0.15) is 10.4 Å². The number of hydrogen-bond acceptors (Lipinski definition) is 4. The van der Waals surface area contributed by atoms with Crippen LogP contribution in [-0.2, 0) is 0 Å². The number of halogens is 2. The van der Waals surface area contributed by atoms with E-state index in [4.69, 9.17) is 37.4 Å². The van der Waals surface area contributed by atoms with Crippen LogP contribution in [0.5, 0.6) is 17.2 Å². The van der Waals surface area contributed by atoms with E-state index in [1.807, 2.05) is 0 Å². The fourth-order valence-corrected chi connectivity index (χ4v) is 2.90. The predicted molar refractivity (Wildman–Crippen MR) is 88.5 cm³/mol. The molecule has 23 heavy (non-hydrogen) atoms. The van der Waals surface area contributed by atoms with Crippen LogP contribution in [-0.4, -0.2) is 32.4 Å². The van der Waals surface area contributed by atoms with Crippen molar-refractivity contribution in [1.29, 1.82) is 0 Å². The van der Waals surface area contributed by atoms with Crippen LogP contribution >= 0.6 is 23.2 Å². The fraction of sp³-hybridized carbons (Fsp3) is 0.188. The number of carbonyl (C=O) groups is 1. The first-order chi connectivity index (χ1) is 11.0. The summed E-state index contributed by atoms with van der Waals surface area (Å²) in [5.41, 5.74) is 0.864. The van der Waals surface area contributed by atoms with Gasteiger partial charge in [0.05, 0.1) is 36.9 Å². The average molecular weight is 357 g/mol. The summed E-state index contributed by atoms with van der Waals surface area (Å²) < 4.78 is 16.0. The highest BCUT2D eigenvalue weighted by molar-refractivity contribution is 6.41. The Morgan fingerprint density at radius 1 is 0.913 bits per heavy atom. The molecule has 2 rings (SSSR count). The highest BCUT2D eigenvalue weighted by Gasteiger charge is 2.22. The summed E-state index contributed by atoms with van der Waals surface area (Å²) in [7, 11) is 4.47. The van der Waals surface area contributed by atoms with E-state index in [9.17, 15) is 9.90 Å². The van der Waals surface area contributed by atoms with Crippen molar-refractivity contribution in [2.45, 2.75) is 0 Å². The number of carboxylic acid groups (broad SMARTS) is 1. The van der Waals surface area contributed by atoms with Crippen LogP contribution in [0, 0.1) is 0 Å². The minimum atomic E-state index is -1.21. The van der Waals surface area contributed by atoms with Crippen molar-refractivity contribution in [3.63, 3.8) is 0 Å². The fourth-order valence-electron chi connectivity index (χ4n) is 2.27. The van der Waals surface area contributed by atoms with Gasteiger partial charge in [0.1, 0.15) is 0 Å². The number of benzene rings is 2. The summed E-state index contributed by atoms with van der Waals surface area (Å²) in [6.45, 7) is 0. The summed E-state index contributed by atoms with van der Waals surface area (Å²) in [6.07, 6.45) is 0. The second-order valence-electron chi connectivity index (χ2n) is 4.47. The van der Waals surface area contributed by atoms with Gasteiger partial charge in [-0.3, -0.25) is 0 Å². The SMILES string of the molecule is COc1ccc(-c2ccc(Cl)c(C(=O)O)c2Cl)c(OC)c1OC. The zero-order chi connectivity index (χ0) is 17.1. The summed E-state index contributed by atoms with van der Waals surface area (Å²) in [5, 5.41) is 9.37. The van der Waals surface area contributed by atoms with Crippen molar-refractivity contribution >= 4 is 29.2 Å². The van der Waals surface area contributed by atoms with Crippen LogP contribution in [0.3, 0.4) is 0 Å². The Morgan fingerprint density at radius 2 is 1.52 bits per heavy atom. The maximum atomic E-state index is 11.4. The van der Waals surface area contributed by atoms with Crippen LogP contribution in [0.15, 0.2) is 24.3 Å². The molecule has 7 heteroatoms. The Hall–Kier alpha value is -2.11. The molecule has 0 unspecified atom stereocenters. The predicted octanol–water partition coefficient (Wildman–Crippen LogP) is 4.38. The first-order valence-electron chi connectivity index (χ1n) is 6.46. The molecule has 0 fully saturated rings. The lowest BCUT2D eigenvalue weighted by Gasteiger charge is -2.17. The molecule has 0 aromatic heterocycles. The van der Waals surface area contributed by atoms with Crippen molar-refractivity contribution in [3.05, 3.63) is 39.9 Å². The first kappa shape index (κ1) is 17.2. The van der Waals surface area contributed by atoms with Gasteiger partial charge >= 0.3 is 5.97 Å². The van der Waals surface area contributed by atoms with Gasteiger partial charge < -0.3 is 19.3 Å². The first-order valence-corrected chi connectivity index (χ1v) is 7.22. The molecule has 0 bridgehead atoms. The molecule has 0 aliphatic heterocycles. The molecular formula is C16H14Cl2O5. The number of carboxylic acids is 1. The normalized spacial score (nSPS) is 10.3. The lowest BCUT2D eigenvalue weighted by atomic mass is 10.0. The van der Waals surface area contributed by atoms with E-state index < -0.39 is 5.97 Å². The minimum Gasteiger partial charge on any atom is -0.493 e. The minimum absolute atomic E-state index is 0.0236. The molecule has 0 atom stereocenters. The molecule has 122 valence electrons. The van der Waals surface area contributed by atoms with E-state index in [2.05, 4.69) is 0 Å². The summed E-state index contributed by atoms with van der Waals surface area (Å²) in [6, 6.07) is 6.49. The maximum absolute atomic E-state index is 11.4. The third-order valence-corrected chi connectivity index (χ3v) is 4.01. The van der Waals surface area contributed by atoms with E-state index >= 15 is 0 Å². The molecule has 5 nitrogen and oxygen atoms in total. The van der Waals surface area contributed by atoms with E-state index in [-0.39, 0.29) is 15.6 Å². The highest BCUT2D eigenvalue weighted by atomic mass is 35.5. The molecule has 0 amide bonds. The maximum Gasteiger partial charge on any atom is 0.338 e. The molecule has 0 saturated carbocycles. The van der Waals surface area contributed by atoms with E-state index in [1.54, 1.807) is 18.2 Å². The Kier molecular flexibility index (Phi) is 5.23. The Labute approximate surface area is 143 Å². The van der Waals surface area contributed by atoms with E-state index in [0.717, 1.165) is 0 Å². The van der Waals surface area contributed by atoms with Crippen molar-refractivity contribution in [3.8, 4) is 28.4 Å². The monoisotopic (exact) mass is 356 g/mol. The summed E-state index contributed by atoms with van der Waals surface area (Å²) in [4.78, 5) is 11.4. The van der Waals surface area contributed by atoms with Crippen LogP contribution < -0.4 is 14.2 Å². The molecule has 0 heterocycles. The average Bonchev–Trinajstić information content (AvgIpc) is 2.53. The van der Waals surface area contributed by atoms with Crippen LogP contribution in [0.2, 0.25) is 10.0 Å². The zero-order valence-corrected chi connectivity index (χ0v) is 14.2. The van der Waals surface area contributed by atoms with Crippen LogP contribution in [0.4, 0.5) is 0 Å². The number of rotatable bonds is 5. The van der Waals surface area contributed by atoms with Gasteiger partial charge in [0.25, 0.3) is 0 Å². The molecule has 2 aromatic rings. The summed E-state index contributed by atoms with van der Waals surface area (Å²) in [5.74, 6) is 0.0424. The second-order valence-corrected chi connectivity index (χ2v) is 5.26. The number of aromatic carboxylic acids is 1. The molecule has 0 saturated heterocycles. The van der Waals surface area contributed by atoms with Gasteiger partial charge in [-0.1, -0.05) is 29.3 Å². The third-order valence-electron chi connectivity index (χ3n) is 3.30. The van der Waals surface area contributed by atoms with Crippen molar-refractivity contribution in [1.82, 2.24) is 0 Å². The number of hydrogen-bond donors (Lipinski definition) is 1. The Bertz CT molecular complexity index is 759. The second kappa shape index (κ2) is 6.98. The van der Waals surface area contributed by atoms with Gasteiger partial charge in [-0.15, -0.1) is 0 Å². The lowest BCUT2D eigenvalue weighted by Crippen LogP contribution is -2.01. The van der Waals surface area contributed by atoms with Crippen molar-refractivity contribution < 1.29 is 24.1 Å². The van der Waals surface area contributed by atoms with Gasteiger partial charge in [-0.2, -0.15) is 0 Å². The molecule has 2 aromatic carbocycles. The Balaban J connectivity index is 2.78. The molecular weight excluding hydrogens is 343 g/mol. The number of ether oxygens (including phenoxy) is 3. The van der Waals surface area contributed by atoms with Gasteiger partial charge in [-0.25, -0.2) is 4.79 Å². The largest absolute Gasteiger partial charge is 0.493 e. The quantitative estimate of drug-likeness (QED) is 0.860. The topological polar surface area (TPSA) is 65.0 Å². The zero-order valence-electron chi connectivity index (χ0n) is 12.6. The lowest BCUT2D eigenvalue weighted by molar-refractivity contribution is 0.0697. The van der Waals surface area contributed by atoms with Crippen molar-refractivity contribution in [2.75, 3.05) is 21.3 Å². The van der Waals surface area contributed by atoms with Gasteiger partial charge in [0.15, 0.2) is 11.5 Å². The van der Waals surface area contributed by atoms with Gasteiger partial charge in [-0.05, 0) is 18.2 Å². The van der Waals surface area contributed by atoms with E-state index in [0.29, 0.717) is 28.4 Å². The van der Waals surface area contributed by atoms with Crippen molar-refractivity contribution in [2.24, 2.45) is 0 Å². The van der Waals surface area contributed by atoms with E-state index in [1.165, 1.54) is 27.4 Å². The Morgan fingerprint density at radius 3 is 2.04 bits per heavy atom. The smallest absolute Gasteiger partial charge is 0.338 e. The molecule has 1 N–H and O–H groups in total. The third kappa shape index (κ3) is 3.02. The number of methoxy groups -OCH3 is 3. The molecule has 0 spiro atoms. The highest BCUT2D eigenvalue weighted by Crippen LogP contribution is 2.47. The molecule has 0 aliphatic carbocycles.